The number of aromatic nitrogens is 1. The molecule has 0 spiro atoms. The first-order valence-corrected chi connectivity index (χ1v) is 5.88. The molecule has 1 aliphatic heterocycles. The van der Waals surface area contributed by atoms with Gasteiger partial charge in [-0.15, -0.1) is 0 Å². The molecule has 0 saturated carbocycles. The highest BCUT2D eigenvalue weighted by Crippen LogP contribution is 2.21. The van der Waals surface area contributed by atoms with Gasteiger partial charge < -0.3 is 15.0 Å². The smallest absolute Gasteiger partial charge is 0.275 e. The van der Waals surface area contributed by atoms with E-state index in [9.17, 15) is 10.1 Å². The summed E-state index contributed by atoms with van der Waals surface area (Å²) in [7, 11) is 0. The maximum Gasteiger partial charge on any atom is 0.275 e. The number of guanidine groups is 1. The molecule has 2 rings (SSSR count). The van der Waals surface area contributed by atoms with Crippen LogP contribution in [0.5, 0.6) is 0 Å². The molecule has 9 heteroatoms. The van der Waals surface area contributed by atoms with Gasteiger partial charge in [-0.25, -0.2) is 15.1 Å². The van der Waals surface area contributed by atoms with Crippen molar-refractivity contribution in [2.24, 2.45) is 5.10 Å². The molecular weight excluding hydrogens is 274 g/mol. The molecule has 1 N–H and O–H groups in total. The third-order valence-corrected chi connectivity index (χ3v) is 2.93. The van der Waals surface area contributed by atoms with Crippen LogP contribution in [0.25, 0.3) is 0 Å². The number of nitrogens with zero attached hydrogens (tertiary/aromatic N) is 4. The zero-order chi connectivity index (χ0) is 13.8. The van der Waals surface area contributed by atoms with Crippen LogP contribution in [0.1, 0.15) is 18.5 Å². The molecule has 1 aliphatic rings. The van der Waals surface area contributed by atoms with Crippen molar-refractivity contribution in [1.29, 1.82) is 0 Å². The Bertz CT molecular complexity index is 492. The summed E-state index contributed by atoms with van der Waals surface area (Å²) in [5.74, 6) is 0.165. The number of nitrogens with one attached hydrogen (secondary N) is 1. The number of nitro groups is 1. The van der Waals surface area contributed by atoms with Crippen molar-refractivity contribution in [2.45, 2.75) is 13.0 Å². The second-order valence-electron chi connectivity index (χ2n) is 3.88. The second kappa shape index (κ2) is 5.81. The molecule has 0 aromatic carbocycles. The highest BCUT2D eigenvalue weighted by molar-refractivity contribution is 6.29. The maximum atomic E-state index is 10.5. The van der Waals surface area contributed by atoms with Gasteiger partial charge in [0.15, 0.2) is 5.03 Å². The summed E-state index contributed by atoms with van der Waals surface area (Å²) in [6.45, 7) is 2.27. The van der Waals surface area contributed by atoms with Crippen molar-refractivity contribution in [3.8, 4) is 0 Å². The first kappa shape index (κ1) is 13.5. The van der Waals surface area contributed by atoms with Crippen LogP contribution in [0, 0.1) is 10.1 Å². The molecule has 1 atom stereocenters. The minimum Gasteiger partial charge on any atom is -0.341 e. The molecule has 0 aliphatic carbocycles. The standard InChI is InChI=1S/C10H12ClN5O3/c1-7(8-2-3-9(11)12-4-8)15-6-19-5-13-10(15)14-16(17)18/h2-4,7H,5-6H2,1H3,(H,13,14). The van der Waals surface area contributed by atoms with Gasteiger partial charge in [0.1, 0.15) is 23.7 Å². The molecule has 0 radical (unpaired) electrons. The molecule has 1 saturated heterocycles. The van der Waals surface area contributed by atoms with E-state index in [2.05, 4.69) is 15.4 Å². The van der Waals surface area contributed by atoms with Gasteiger partial charge in [-0.3, -0.25) is 0 Å². The molecule has 8 nitrogen and oxygen atoms in total. The molecule has 1 aromatic rings. The topological polar surface area (TPSA) is 92.9 Å². The highest BCUT2D eigenvalue weighted by Gasteiger charge is 2.25. The average molecular weight is 286 g/mol. The Balaban J connectivity index is 2.22. The predicted molar refractivity (Wildman–Crippen MR) is 67.9 cm³/mol. The Hall–Kier alpha value is -1.93. The molecule has 1 fully saturated rings. The van der Waals surface area contributed by atoms with Crippen molar-refractivity contribution >= 4 is 17.6 Å². The van der Waals surface area contributed by atoms with Crippen molar-refractivity contribution < 1.29 is 9.77 Å². The van der Waals surface area contributed by atoms with Crippen molar-refractivity contribution in [3.63, 3.8) is 0 Å². The summed E-state index contributed by atoms with van der Waals surface area (Å²) >= 11 is 5.72. The minimum absolute atomic E-state index is 0.165. The fourth-order valence-corrected chi connectivity index (χ4v) is 1.81. The Labute approximate surface area is 114 Å². The van der Waals surface area contributed by atoms with Crippen LogP contribution in [0.4, 0.5) is 0 Å². The Kier molecular flexibility index (Phi) is 4.13. The monoisotopic (exact) mass is 285 g/mol. The van der Waals surface area contributed by atoms with E-state index in [4.69, 9.17) is 16.3 Å². The lowest BCUT2D eigenvalue weighted by molar-refractivity contribution is -0.486. The lowest BCUT2D eigenvalue weighted by Gasteiger charge is -2.33. The van der Waals surface area contributed by atoms with Gasteiger partial charge in [0, 0.05) is 6.20 Å². The van der Waals surface area contributed by atoms with Gasteiger partial charge in [-0.05, 0) is 18.6 Å². The predicted octanol–water partition coefficient (Wildman–Crippen LogP) is 1.18. The fraction of sp³-hybridized carbons (Fsp3) is 0.400. The summed E-state index contributed by atoms with van der Waals surface area (Å²) < 4.78 is 5.23. The first-order chi connectivity index (χ1) is 9.08. The maximum absolute atomic E-state index is 10.5. The van der Waals surface area contributed by atoms with Gasteiger partial charge in [0.25, 0.3) is 5.96 Å². The van der Waals surface area contributed by atoms with Crippen LogP contribution in [0.15, 0.2) is 23.4 Å². The molecular formula is C10H12ClN5O3. The van der Waals surface area contributed by atoms with Crippen LogP contribution in [-0.2, 0) is 4.74 Å². The van der Waals surface area contributed by atoms with E-state index in [1.165, 1.54) is 0 Å². The van der Waals surface area contributed by atoms with Crippen LogP contribution < -0.4 is 5.32 Å². The molecule has 1 unspecified atom stereocenters. The van der Waals surface area contributed by atoms with E-state index in [0.717, 1.165) is 5.56 Å². The highest BCUT2D eigenvalue weighted by atomic mass is 35.5. The van der Waals surface area contributed by atoms with E-state index in [0.29, 0.717) is 5.15 Å². The zero-order valence-corrected chi connectivity index (χ0v) is 10.9. The number of rotatable bonds is 3. The van der Waals surface area contributed by atoms with E-state index < -0.39 is 5.03 Å². The number of halogens is 1. The molecule has 19 heavy (non-hydrogen) atoms. The van der Waals surface area contributed by atoms with E-state index in [-0.39, 0.29) is 25.5 Å². The fourth-order valence-electron chi connectivity index (χ4n) is 1.70. The summed E-state index contributed by atoms with van der Waals surface area (Å²) in [6, 6.07) is 3.28. The minimum atomic E-state index is -0.743. The van der Waals surface area contributed by atoms with Crippen molar-refractivity contribution in [3.05, 3.63) is 39.2 Å². The third kappa shape index (κ3) is 3.30. The molecule has 1 aromatic heterocycles. The van der Waals surface area contributed by atoms with Crippen LogP contribution >= 0.6 is 11.6 Å². The number of hydrazone groups is 1. The van der Waals surface area contributed by atoms with Crippen molar-refractivity contribution in [2.75, 3.05) is 13.5 Å². The van der Waals surface area contributed by atoms with E-state index in [1.807, 2.05) is 6.92 Å². The molecule has 0 amide bonds. The van der Waals surface area contributed by atoms with Crippen LogP contribution in [0.3, 0.4) is 0 Å². The largest absolute Gasteiger partial charge is 0.341 e. The van der Waals surface area contributed by atoms with E-state index in [1.54, 1.807) is 23.2 Å². The lowest BCUT2D eigenvalue weighted by Crippen LogP contribution is -2.50. The van der Waals surface area contributed by atoms with Gasteiger partial charge in [0.05, 0.1) is 6.04 Å². The van der Waals surface area contributed by atoms with Crippen LogP contribution in [0.2, 0.25) is 5.15 Å². The van der Waals surface area contributed by atoms with E-state index >= 15 is 0 Å². The summed E-state index contributed by atoms with van der Waals surface area (Å²) in [5, 5.41) is 16.2. The SMILES string of the molecule is CC(c1ccc(Cl)nc1)N1COCNC1=N[N+](=O)[O-]. The molecule has 102 valence electrons. The number of hydrogen-bond donors (Lipinski definition) is 1. The lowest BCUT2D eigenvalue weighted by atomic mass is 10.1. The summed E-state index contributed by atoms with van der Waals surface area (Å²) in [4.78, 5) is 16.1. The quantitative estimate of drug-likeness (QED) is 0.509. The Morgan fingerprint density at radius 1 is 1.68 bits per heavy atom. The molecule has 0 bridgehead atoms. The zero-order valence-electron chi connectivity index (χ0n) is 10.1. The van der Waals surface area contributed by atoms with Crippen LogP contribution in [-0.4, -0.2) is 34.3 Å². The molecule has 2 heterocycles. The normalized spacial score (nSPS) is 19.1. The Morgan fingerprint density at radius 2 is 2.47 bits per heavy atom. The number of pyridine rings is 1. The Morgan fingerprint density at radius 3 is 3.11 bits per heavy atom. The number of hydrogen-bond acceptors (Lipinski definition) is 4. The first-order valence-electron chi connectivity index (χ1n) is 5.50. The summed E-state index contributed by atoms with van der Waals surface area (Å²) in [6.07, 6.45) is 1.62. The van der Waals surface area contributed by atoms with Gasteiger partial charge in [-0.1, -0.05) is 17.7 Å². The average Bonchev–Trinajstić information content (AvgIpc) is 2.39. The van der Waals surface area contributed by atoms with Gasteiger partial charge >= 0.3 is 0 Å². The van der Waals surface area contributed by atoms with Crippen molar-refractivity contribution in [1.82, 2.24) is 15.2 Å². The number of ether oxygens (including phenoxy) is 1. The van der Waals surface area contributed by atoms with Gasteiger partial charge in [0.2, 0.25) is 0 Å². The third-order valence-electron chi connectivity index (χ3n) is 2.71. The summed E-state index contributed by atoms with van der Waals surface area (Å²) in [5.41, 5.74) is 0.854. The second-order valence-corrected chi connectivity index (χ2v) is 4.26. The van der Waals surface area contributed by atoms with Gasteiger partial charge in [-0.2, -0.15) is 0 Å².